The van der Waals surface area contributed by atoms with Crippen molar-refractivity contribution in [2.24, 2.45) is 17.8 Å². The minimum atomic E-state index is 0.0414. The Morgan fingerprint density at radius 3 is 2.55 bits per heavy atom. The number of hydrogen-bond donors (Lipinski definition) is 0. The third kappa shape index (κ3) is 1.26. The molecule has 0 aliphatic heterocycles. The Kier molecular flexibility index (Phi) is 1.63. The Labute approximate surface area is 66.9 Å². The molecule has 2 rings (SSSR count). The van der Waals surface area contributed by atoms with Gasteiger partial charge in [-0.1, -0.05) is 0 Å². The molecule has 2 aliphatic carbocycles. The largest absolute Gasteiger partial charge is 0.466 e. The summed E-state index contributed by atoms with van der Waals surface area (Å²) in [5, 5.41) is 0. The molecule has 0 bridgehead atoms. The van der Waals surface area contributed by atoms with Crippen LogP contribution in [0.1, 0.15) is 26.2 Å². The van der Waals surface area contributed by atoms with E-state index in [2.05, 4.69) is 0 Å². The molecule has 0 N–H and O–H groups in total. The summed E-state index contributed by atoms with van der Waals surface area (Å²) >= 11 is 0. The lowest BCUT2D eigenvalue weighted by Gasteiger charge is -2.09. The van der Waals surface area contributed by atoms with Gasteiger partial charge in [0.2, 0.25) is 0 Å². The molecule has 2 saturated carbocycles. The van der Waals surface area contributed by atoms with Crippen molar-refractivity contribution in [2.45, 2.75) is 26.2 Å². The van der Waals surface area contributed by atoms with E-state index >= 15 is 0 Å². The zero-order valence-electron chi connectivity index (χ0n) is 6.88. The van der Waals surface area contributed by atoms with Gasteiger partial charge in [0.1, 0.15) is 0 Å². The van der Waals surface area contributed by atoms with Gasteiger partial charge in [0.05, 0.1) is 12.5 Å². The first-order valence-electron chi connectivity index (χ1n) is 4.48. The van der Waals surface area contributed by atoms with Crippen molar-refractivity contribution in [3.05, 3.63) is 0 Å². The highest BCUT2D eigenvalue weighted by atomic mass is 16.5. The van der Waals surface area contributed by atoms with E-state index in [9.17, 15) is 4.79 Å². The molecular formula is C9H14O2. The number of esters is 1. The van der Waals surface area contributed by atoms with Crippen molar-refractivity contribution in [3.63, 3.8) is 0 Å². The molecule has 2 heteroatoms. The molecular weight excluding hydrogens is 140 g/mol. The van der Waals surface area contributed by atoms with Crippen LogP contribution in [0.4, 0.5) is 0 Å². The van der Waals surface area contributed by atoms with Crippen LogP contribution < -0.4 is 0 Å². The molecule has 0 radical (unpaired) electrons. The van der Waals surface area contributed by atoms with Crippen LogP contribution in [0.5, 0.6) is 0 Å². The van der Waals surface area contributed by atoms with Crippen molar-refractivity contribution >= 4 is 5.97 Å². The Morgan fingerprint density at radius 1 is 1.36 bits per heavy atom. The van der Waals surface area contributed by atoms with Gasteiger partial charge in [-0.2, -0.15) is 0 Å². The third-order valence-corrected chi connectivity index (χ3v) is 2.86. The van der Waals surface area contributed by atoms with Crippen LogP contribution in [-0.2, 0) is 9.53 Å². The Morgan fingerprint density at radius 2 is 2.00 bits per heavy atom. The van der Waals surface area contributed by atoms with Gasteiger partial charge in [-0.05, 0) is 38.0 Å². The van der Waals surface area contributed by atoms with Gasteiger partial charge in [0.15, 0.2) is 0 Å². The molecule has 0 spiro atoms. The molecule has 0 aromatic rings. The Balaban J connectivity index is 1.82. The monoisotopic (exact) mass is 154 g/mol. The van der Waals surface area contributed by atoms with Gasteiger partial charge >= 0.3 is 5.97 Å². The van der Waals surface area contributed by atoms with Crippen LogP contribution in [0.2, 0.25) is 0 Å². The number of hydrogen-bond acceptors (Lipinski definition) is 2. The fourth-order valence-corrected chi connectivity index (χ4v) is 2.17. The topological polar surface area (TPSA) is 26.3 Å². The lowest BCUT2D eigenvalue weighted by molar-refractivity contribution is -0.148. The second-order valence-corrected chi connectivity index (χ2v) is 3.68. The maximum absolute atomic E-state index is 11.2. The molecule has 0 saturated heterocycles. The van der Waals surface area contributed by atoms with E-state index in [1.165, 1.54) is 6.42 Å². The molecule has 2 aliphatic rings. The van der Waals surface area contributed by atoms with E-state index in [-0.39, 0.29) is 11.9 Å². The third-order valence-electron chi connectivity index (χ3n) is 2.86. The summed E-state index contributed by atoms with van der Waals surface area (Å²) in [7, 11) is 0. The van der Waals surface area contributed by atoms with E-state index in [1.807, 2.05) is 6.92 Å². The van der Waals surface area contributed by atoms with Gasteiger partial charge < -0.3 is 4.74 Å². The smallest absolute Gasteiger partial charge is 0.308 e. The van der Waals surface area contributed by atoms with Gasteiger partial charge in [-0.3, -0.25) is 4.79 Å². The molecule has 0 amide bonds. The van der Waals surface area contributed by atoms with Crippen LogP contribution in [0, 0.1) is 17.8 Å². The summed E-state index contributed by atoms with van der Waals surface area (Å²) < 4.78 is 4.96. The fraction of sp³-hybridized carbons (Fsp3) is 0.889. The highest BCUT2D eigenvalue weighted by Crippen LogP contribution is 2.54. The molecule has 11 heavy (non-hydrogen) atoms. The Hall–Kier alpha value is -0.530. The zero-order chi connectivity index (χ0) is 7.84. The van der Waals surface area contributed by atoms with Crippen molar-refractivity contribution < 1.29 is 9.53 Å². The van der Waals surface area contributed by atoms with Crippen molar-refractivity contribution in [3.8, 4) is 0 Å². The van der Waals surface area contributed by atoms with Crippen LogP contribution in [0.15, 0.2) is 0 Å². The lowest BCUT2D eigenvalue weighted by Crippen LogP contribution is -2.15. The molecule has 0 aromatic heterocycles. The number of fused-ring (bicyclic) bond motifs is 1. The van der Waals surface area contributed by atoms with Crippen molar-refractivity contribution in [1.29, 1.82) is 0 Å². The summed E-state index contributed by atoms with van der Waals surface area (Å²) in [6, 6.07) is 0. The molecule has 2 nitrogen and oxygen atoms in total. The maximum Gasteiger partial charge on any atom is 0.308 e. The molecule has 0 heterocycles. The predicted octanol–water partition coefficient (Wildman–Crippen LogP) is 1.60. The first-order valence-corrected chi connectivity index (χ1v) is 4.48. The fourth-order valence-electron chi connectivity index (χ4n) is 2.17. The summed E-state index contributed by atoms with van der Waals surface area (Å²) in [4.78, 5) is 11.2. The van der Waals surface area contributed by atoms with Crippen LogP contribution >= 0.6 is 0 Å². The number of rotatable bonds is 2. The molecule has 2 unspecified atom stereocenters. The van der Waals surface area contributed by atoms with E-state index in [4.69, 9.17) is 4.74 Å². The van der Waals surface area contributed by atoms with Crippen molar-refractivity contribution in [1.82, 2.24) is 0 Å². The number of carbonyl (C=O) groups is 1. The van der Waals surface area contributed by atoms with Gasteiger partial charge in [0.25, 0.3) is 0 Å². The average molecular weight is 154 g/mol. The number of carbonyl (C=O) groups excluding carboxylic acids is 1. The predicted molar refractivity (Wildman–Crippen MR) is 41.0 cm³/mol. The standard InChI is InChI=1S/C9H14O2/c1-2-11-9(10)8-4-6-3-7(6)5-8/h6-8H,2-5H2,1H3. The minimum absolute atomic E-state index is 0.0414. The van der Waals surface area contributed by atoms with Crippen molar-refractivity contribution in [2.75, 3.05) is 6.61 Å². The second kappa shape index (κ2) is 2.50. The number of ether oxygens (including phenoxy) is 1. The second-order valence-electron chi connectivity index (χ2n) is 3.68. The summed E-state index contributed by atoms with van der Waals surface area (Å²) in [6.45, 7) is 2.40. The van der Waals surface area contributed by atoms with Gasteiger partial charge in [0, 0.05) is 0 Å². The van der Waals surface area contributed by atoms with E-state index in [0.29, 0.717) is 6.61 Å². The van der Waals surface area contributed by atoms with E-state index in [0.717, 1.165) is 24.7 Å². The normalized spacial score (nSPS) is 39.9. The Bertz CT molecular complexity index is 166. The molecule has 0 aromatic carbocycles. The van der Waals surface area contributed by atoms with Crippen LogP contribution in [0.25, 0.3) is 0 Å². The minimum Gasteiger partial charge on any atom is -0.466 e. The summed E-state index contributed by atoms with van der Waals surface area (Å²) in [6.07, 6.45) is 3.57. The summed E-state index contributed by atoms with van der Waals surface area (Å²) in [5.41, 5.74) is 0. The van der Waals surface area contributed by atoms with Gasteiger partial charge in [-0.25, -0.2) is 0 Å². The SMILES string of the molecule is CCOC(=O)C1CC2CC2C1. The lowest BCUT2D eigenvalue weighted by atomic mass is 10.0. The first-order chi connectivity index (χ1) is 5.31. The van der Waals surface area contributed by atoms with E-state index < -0.39 is 0 Å². The van der Waals surface area contributed by atoms with E-state index in [1.54, 1.807) is 0 Å². The average Bonchev–Trinajstić information content (AvgIpc) is 2.59. The first kappa shape index (κ1) is 7.14. The van der Waals surface area contributed by atoms with Crippen LogP contribution in [-0.4, -0.2) is 12.6 Å². The molecule has 2 atom stereocenters. The maximum atomic E-state index is 11.2. The highest BCUT2D eigenvalue weighted by molar-refractivity contribution is 5.73. The molecule has 62 valence electrons. The van der Waals surface area contributed by atoms with Crippen LogP contribution in [0.3, 0.4) is 0 Å². The zero-order valence-corrected chi connectivity index (χ0v) is 6.88. The van der Waals surface area contributed by atoms with Gasteiger partial charge in [-0.15, -0.1) is 0 Å². The molecule has 2 fully saturated rings. The highest BCUT2D eigenvalue weighted by Gasteiger charge is 2.48. The quantitative estimate of drug-likeness (QED) is 0.565. The summed E-state index contributed by atoms with van der Waals surface area (Å²) in [5.74, 6) is 2.05.